The number of hydrogen-bond donors (Lipinski definition) is 0. The molecule has 0 saturated carbocycles. The highest BCUT2D eigenvalue weighted by atomic mass is 16.3. The maximum absolute atomic E-state index is 7.00. The first-order valence-corrected chi connectivity index (χ1v) is 21.1. The fourth-order valence-corrected chi connectivity index (χ4v) is 10.6. The van der Waals surface area contributed by atoms with Gasteiger partial charge in [0.05, 0.1) is 11.1 Å². The van der Waals surface area contributed by atoms with Gasteiger partial charge in [-0.25, -0.2) is 0 Å². The van der Waals surface area contributed by atoms with Gasteiger partial charge in [0.15, 0.2) is 5.58 Å². The summed E-state index contributed by atoms with van der Waals surface area (Å²) in [5, 5.41) is 4.60. The van der Waals surface area contributed by atoms with Crippen LogP contribution in [0, 0.1) is 0 Å². The number of anilines is 3. The van der Waals surface area contributed by atoms with Crippen molar-refractivity contribution in [3.63, 3.8) is 0 Å². The van der Waals surface area contributed by atoms with Crippen molar-refractivity contribution in [2.24, 2.45) is 0 Å². The van der Waals surface area contributed by atoms with Gasteiger partial charge in [-0.2, -0.15) is 0 Å². The molecule has 0 amide bonds. The summed E-state index contributed by atoms with van der Waals surface area (Å²) in [4.78, 5) is 2.35. The van der Waals surface area contributed by atoms with E-state index < -0.39 is 0 Å². The van der Waals surface area contributed by atoms with Gasteiger partial charge in [-0.1, -0.05) is 188 Å². The quantitative estimate of drug-likeness (QED) is 0.173. The van der Waals surface area contributed by atoms with Crippen LogP contribution in [0.1, 0.15) is 22.3 Å². The molecule has 0 atom stereocenters. The summed E-state index contributed by atoms with van der Waals surface area (Å²) in [5.41, 5.74) is 19.8. The Labute approximate surface area is 354 Å². The molecule has 0 radical (unpaired) electrons. The molecule has 0 saturated heterocycles. The van der Waals surface area contributed by atoms with Gasteiger partial charge in [0.2, 0.25) is 0 Å². The topological polar surface area (TPSA) is 16.4 Å². The lowest BCUT2D eigenvalue weighted by atomic mass is 9.70. The Balaban J connectivity index is 0.976. The summed E-state index contributed by atoms with van der Waals surface area (Å²) in [6, 6.07) is 82.0. The van der Waals surface area contributed by atoms with Crippen molar-refractivity contribution in [1.82, 2.24) is 0 Å². The average Bonchev–Trinajstić information content (AvgIpc) is 3.97. The number of nitrogens with zero attached hydrogens (tertiary/aromatic N) is 1. The zero-order chi connectivity index (χ0) is 40.1. The predicted molar refractivity (Wildman–Crippen MR) is 253 cm³/mol. The van der Waals surface area contributed by atoms with Crippen molar-refractivity contribution in [3.05, 3.63) is 247 Å². The van der Waals surface area contributed by atoms with Crippen LogP contribution in [0.25, 0.3) is 77.2 Å². The summed E-state index contributed by atoms with van der Waals surface area (Å²) in [6.07, 6.45) is 0. The Morgan fingerprint density at radius 1 is 0.311 bits per heavy atom. The van der Waals surface area contributed by atoms with E-state index in [1.807, 2.05) is 0 Å². The minimum atomic E-state index is -0.381. The highest BCUT2D eigenvalue weighted by Gasteiger charge is 2.51. The molecule has 0 unspecified atom stereocenters. The molecule has 2 aliphatic rings. The zero-order valence-corrected chi connectivity index (χ0v) is 33.2. The van der Waals surface area contributed by atoms with Gasteiger partial charge in [0.25, 0.3) is 0 Å². The Morgan fingerprint density at radius 3 is 1.56 bits per heavy atom. The van der Waals surface area contributed by atoms with Crippen LogP contribution in [0.15, 0.2) is 229 Å². The van der Waals surface area contributed by atoms with Gasteiger partial charge in [0, 0.05) is 27.7 Å². The second-order valence-electron chi connectivity index (χ2n) is 16.4. The molecule has 11 aromatic rings. The van der Waals surface area contributed by atoms with Crippen molar-refractivity contribution in [2.45, 2.75) is 5.41 Å². The fourth-order valence-electron chi connectivity index (χ4n) is 10.6. The van der Waals surface area contributed by atoms with Crippen LogP contribution in [-0.2, 0) is 5.41 Å². The first kappa shape index (κ1) is 34.0. The van der Waals surface area contributed by atoms with Crippen LogP contribution in [0.5, 0.6) is 0 Å². The number of rotatable bonds is 5. The highest BCUT2D eigenvalue weighted by molar-refractivity contribution is 6.13. The summed E-state index contributed by atoms with van der Waals surface area (Å²) in [6.45, 7) is 0. The van der Waals surface area contributed by atoms with Gasteiger partial charge in [-0.3, -0.25) is 0 Å². The molecule has 10 aromatic carbocycles. The smallest absolute Gasteiger partial charge is 0.159 e. The van der Waals surface area contributed by atoms with E-state index in [0.717, 1.165) is 50.1 Å². The third-order valence-electron chi connectivity index (χ3n) is 13.3. The minimum Gasteiger partial charge on any atom is -0.453 e. The van der Waals surface area contributed by atoms with E-state index in [-0.39, 0.29) is 5.41 Å². The lowest BCUT2D eigenvalue weighted by Crippen LogP contribution is -2.25. The van der Waals surface area contributed by atoms with Crippen LogP contribution < -0.4 is 4.90 Å². The van der Waals surface area contributed by atoms with Gasteiger partial charge in [-0.05, 0) is 108 Å². The van der Waals surface area contributed by atoms with Crippen LogP contribution >= 0.6 is 0 Å². The van der Waals surface area contributed by atoms with Crippen molar-refractivity contribution in [1.29, 1.82) is 0 Å². The summed E-state index contributed by atoms with van der Waals surface area (Å²) in [7, 11) is 0. The van der Waals surface area contributed by atoms with E-state index in [9.17, 15) is 0 Å². The Kier molecular flexibility index (Phi) is 7.26. The van der Waals surface area contributed by atoms with Crippen LogP contribution in [0.2, 0.25) is 0 Å². The molecule has 284 valence electrons. The molecule has 0 aliphatic heterocycles. The minimum absolute atomic E-state index is 0.381. The number of para-hydroxylation sites is 2. The van der Waals surface area contributed by atoms with Crippen molar-refractivity contribution in [2.75, 3.05) is 4.90 Å². The van der Waals surface area contributed by atoms with Gasteiger partial charge >= 0.3 is 0 Å². The third kappa shape index (κ3) is 4.85. The van der Waals surface area contributed by atoms with Gasteiger partial charge in [-0.15, -0.1) is 0 Å². The monoisotopic (exact) mass is 775 g/mol. The molecule has 1 aromatic heterocycles. The van der Waals surface area contributed by atoms with E-state index in [2.05, 4.69) is 229 Å². The largest absolute Gasteiger partial charge is 0.453 e. The number of furan rings is 1. The average molecular weight is 776 g/mol. The second kappa shape index (κ2) is 13.0. The molecular weight excluding hydrogens is 739 g/mol. The standard InChI is InChI=1S/C59H37NO/c1-2-15-40(16-3-1)45-21-12-22-50-51-23-13-27-56(58(51)61-57(45)50)60(44-34-30-38-14-4-5-17-41(38)36-44)43-32-28-39(29-33-43)42-31-35-49-48-20-8-11-26-54(48)59(55(49)37-42)52-24-9-6-18-46(52)47-19-7-10-25-53(47)59/h1-37H. The summed E-state index contributed by atoms with van der Waals surface area (Å²) >= 11 is 0. The molecule has 1 heterocycles. The molecule has 2 aliphatic carbocycles. The van der Waals surface area contributed by atoms with E-state index in [1.165, 1.54) is 66.4 Å². The third-order valence-corrected chi connectivity index (χ3v) is 13.3. The van der Waals surface area contributed by atoms with Gasteiger partial charge in [0.1, 0.15) is 5.58 Å². The number of fused-ring (bicyclic) bond motifs is 14. The van der Waals surface area contributed by atoms with Crippen molar-refractivity contribution < 1.29 is 4.42 Å². The Morgan fingerprint density at radius 2 is 0.852 bits per heavy atom. The molecular formula is C59H37NO. The number of benzene rings is 10. The summed E-state index contributed by atoms with van der Waals surface area (Å²) < 4.78 is 7.00. The fraction of sp³-hybridized carbons (Fsp3) is 0.0169. The molecule has 2 heteroatoms. The number of hydrogen-bond acceptors (Lipinski definition) is 2. The van der Waals surface area contributed by atoms with Gasteiger partial charge < -0.3 is 9.32 Å². The molecule has 61 heavy (non-hydrogen) atoms. The lowest BCUT2D eigenvalue weighted by Gasteiger charge is -2.30. The van der Waals surface area contributed by atoms with Crippen LogP contribution in [0.3, 0.4) is 0 Å². The van der Waals surface area contributed by atoms with Crippen molar-refractivity contribution >= 4 is 49.8 Å². The SMILES string of the molecule is c1ccc(-c2cccc3c2oc2c(N(c4ccc(-c5ccc6c(c5)C5(c7ccccc7-c7ccccc75)c5ccccc5-6)cc4)c4ccc5ccccc5c4)cccc23)cc1. The maximum Gasteiger partial charge on any atom is 0.159 e. The van der Waals surface area contributed by atoms with E-state index >= 15 is 0 Å². The normalized spacial score (nSPS) is 13.0. The molecule has 2 nitrogen and oxygen atoms in total. The molecule has 0 bridgehead atoms. The van der Waals surface area contributed by atoms with Crippen molar-refractivity contribution in [3.8, 4) is 44.5 Å². The predicted octanol–water partition coefficient (Wildman–Crippen LogP) is 15.9. The zero-order valence-electron chi connectivity index (χ0n) is 33.2. The molecule has 13 rings (SSSR count). The highest BCUT2D eigenvalue weighted by Crippen LogP contribution is 2.63. The second-order valence-corrected chi connectivity index (χ2v) is 16.4. The Bertz CT molecular complexity index is 3480. The lowest BCUT2D eigenvalue weighted by molar-refractivity contribution is 0.670. The van der Waals surface area contributed by atoms with E-state index in [0.29, 0.717) is 0 Å². The van der Waals surface area contributed by atoms with Crippen LogP contribution in [-0.4, -0.2) is 0 Å². The molecule has 0 fully saturated rings. The molecule has 1 spiro atoms. The first-order valence-electron chi connectivity index (χ1n) is 21.1. The summed E-state index contributed by atoms with van der Waals surface area (Å²) in [5.74, 6) is 0. The molecule has 0 N–H and O–H groups in total. The van der Waals surface area contributed by atoms with E-state index in [4.69, 9.17) is 4.42 Å². The van der Waals surface area contributed by atoms with E-state index in [1.54, 1.807) is 0 Å². The van der Waals surface area contributed by atoms with Crippen LogP contribution in [0.4, 0.5) is 17.1 Å². The Hall–Kier alpha value is -7.94. The first-order chi connectivity index (χ1) is 30.3. The maximum atomic E-state index is 7.00.